The van der Waals surface area contributed by atoms with Crippen molar-refractivity contribution in [3.8, 4) is 11.4 Å². The highest BCUT2D eigenvalue weighted by atomic mass is 35.5. The van der Waals surface area contributed by atoms with E-state index in [9.17, 15) is 14.0 Å². The molecular weight excluding hydrogens is 409 g/mol. The number of hydrogen-bond donors (Lipinski definition) is 1. The van der Waals surface area contributed by atoms with E-state index in [1.807, 2.05) is 31.2 Å². The predicted octanol–water partition coefficient (Wildman–Crippen LogP) is 3.59. The van der Waals surface area contributed by atoms with E-state index >= 15 is 0 Å². The van der Waals surface area contributed by atoms with Gasteiger partial charge in [0.1, 0.15) is 24.1 Å². The highest BCUT2D eigenvalue weighted by Crippen LogP contribution is 2.22. The summed E-state index contributed by atoms with van der Waals surface area (Å²) < 4.78 is 14.3. The second-order valence-corrected chi connectivity index (χ2v) is 7.05. The molecule has 0 atom stereocenters. The maximum absolute atomic E-state index is 13.1. The summed E-state index contributed by atoms with van der Waals surface area (Å²) in [4.78, 5) is 37.8. The molecule has 4 aromatic rings. The Bertz CT molecular complexity index is 1320. The zero-order valence-corrected chi connectivity index (χ0v) is 16.5. The third-order valence-corrected chi connectivity index (χ3v) is 4.72. The molecule has 9 heteroatoms. The van der Waals surface area contributed by atoms with Gasteiger partial charge in [0.25, 0.3) is 5.56 Å². The summed E-state index contributed by atoms with van der Waals surface area (Å²) >= 11 is 5.91. The molecule has 0 aliphatic rings. The number of fused-ring (bicyclic) bond motifs is 1. The van der Waals surface area contributed by atoms with Crippen molar-refractivity contribution < 1.29 is 9.18 Å². The monoisotopic (exact) mass is 423 g/mol. The lowest BCUT2D eigenvalue weighted by Crippen LogP contribution is -2.28. The topological polar surface area (TPSA) is 89.8 Å². The van der Waals surface area contributed by atoms with Crippen LogP contribution in [-0.4, -0.2) is 25.4 Å². The van der Waals surface area contributed by atoms with Crippen molar-refractivity contribution >= 4 is 34.2 Å². The smallest absolute Gasteiger partial charge is 0.264 e. The van der Waals surface area contributed by atoms with Gasteiger partial charge < -0.3 is 5.32 Å². The summed E-state index contributed by atoms with van der Waals surface area (Å²) in [5.74, 6) is -0.572. The van der Waals surface area contributed by atoms with Crippen LogP contribution in [0.15, 0.2) is 59.8 Å². The van der Waals surface area contributed by atoms with Gasteiger partial charge in [-0.2, -0.15) is 0 Å². The molecule has 1 N–H and O–H groups in total. The minimum Gasteiger partial charge on any atom is -0.323 e. The molecule has 0 aliphatic carbocycles. The van der Waals surface area contributed by atoms with Crippen LogP contribution in [0.4, 0.5) is 10.1 Å². The van der Waals surface area contributed by atoms with E-state index in [0.717, 1.165) is 21.8 Å². The van der Waals surface area contributed by atoms with Crippen molar-refractivity contribution in [3.05, 3.63) is 81.7 Å². The summed E-state index contributed by atoms with van der Waals surface area (Å²) in [7, 11) is 0. The highest BCUT2D eigenvalue weighted by Gasteiger charge is 2.12. The Morgan fingerprint density at radius 3 is 2.67 bits per heavy atom. The fourth-order valence-corrected chi connectivity index (χ4v) is 3.06. The number of amides is 1. The van der Waals surface area contributed by atoms with Crippen LogP contribution < -0.4 is 10.9 Å². The van der Waals surface area contributed by atoms with Crippen LogP contribution in [0.3, 0.4) is 0 Å². The van der Waals surface area contributed by atoms with Crippen molar-refractivity contribution in [2.45, 2.75) is 13.5 Å². The normalized spacial score (nSPS) is 10.9. The Hall–Kier alpha value is -3.65. The van der Waals surface area contributed by atoms with E-state index in [2.05, 4.69) is 20.3 Å². The first-order valence-electron chi connectivity index (χ1n) is 8.95. The number of rotatable bonds is 4. The standard InChI is InChI=1S/C21H15ClFN5O2/c1-12-2-4-13(5-3-12)19-24-9-15-20(27-19)25-11-28(21(15)30)10-18(29)26-17-7-6-14(23)8-16(17)22/h2-9,11H,10H2,1H3,(H,26,29). The number of aromatic nitrogens is 4. The number of aryl methyl sites for hydroxylation is 1. The third-order valence-electron chi connectivity index (χ3n) is 4.41. The zero-order valence-electron chi connectivity index (χ0n) is 15.8. The summed E-state index contributed by atoms with van der Waals surface area (Å²) in [6.07, 6.45) is 2.65. The molecule has 0 bridgehead atoms. The van der Waals surface area contributed by atoms with Crippen molar-refractivity contribution in [2.75, 3.05) is 5.32 Å². The Morgan fingerprint density at radius 2 is 1.93 bits per heavy atom. The maximum atomic E-state index is 13.1. The molecule has 0 saturated heterocycles. The molecule has 0 spiro atoms. The predicted molar refractivity (Wildman–Crippen MR) is 112 cm³/mol. The summed E-state index contributed by atoms with van der Waals surface area (Å²) in [6.45, 7) is 1.68. The lowest BCUT2D eigenvalue weighted by molar-refractivity contribution is -0.116. The zero-order chi connectivity index (χ0) is 21.3. The van der Waals surface area contributed by atoms with Gasteiger partial charge in [-0.25, -0.2) is 19.3 Å². The van der Waals surface area contributed by atoms with Crippen molar-refractivity contribution in [2.24, 2.45) is 0 Å². The molecule has 0 radical (unpaired) electrons. The molecule has 0 aliphatic heterocycles. The molecule has 0 saturated carbocycles. The fourth-order valence-electron chi connectivity index (χ4n) is 2.84. The molecule has 2 aromatic heterocycles. The number of benzene rings is 2. The summed E-state index contributed by atoms with van der Waals surface area (Å²) in [6, 6.07) is 11.3. The van der Waals surface area contributed by atoms with E-state index in [0.29, 0.717) is 5.82 Å². The second kappa shape index (κ2) is 8.00. The van der Waals surface area contributed by atoms with E-state index < -0.39 is 17.3 Å². The van der Waals surface area contributed by atoms with Gasteiger partial charge in [-0.1, -0.05) is 41.4 Å². The maximum Gasteiger partial charge on any atom is 0.264 e. The van der Waals surface area contributed by atoms with Crippen LogP contribution in [0.5, 0.6) is 0 Å². The minimum absolute atomic E-state index is 0.0596. The van der Waals surface area contributed by atoms with Crippen molar-refractivity contribution in [1.82, 2.24) is 19.5 Å². The lowest BCUT2D eigenvalue weighted by atomic mass is 10.1. The van der Waals surface area contributed by atoms with Crippen LogP contribution in [0.2, 0.25) is 5.02 Å². The van der Waals surface area contributed by atoms with Crippen molar-refractivity contribution in [1.29, 1.82) is 0 Å². The average Bonchev–Trinajstić information content (AvgIpc) is 2.72. The van der Waals surface area contributed by atoms with Crippen LogP contribution >= 0.6 is 11.6 Å². The van der Waals surface area contributed by atoms with Gasteiger partial charge in [-0.15, -0.1) is 0 Å². The minimum atomic E-state index is -0.516. The van der Waals surface area contributed by atoms with Crippen LogP contribution in [0, 0.1) is 12.7 Å². The largest absolute Gasteiger partial charge is 0.323 e. The first-order chi connectivity index (χ1) is 14.4. The molecule has 1 amide bonds. The van der Waals surface area contributed by atoms with E-state index in [4.69, 9.17) is 11.6 Å². The summed E-state index contributed by atoms with van der Waals surface area (Å²) in [5, 5.41) is 2.79. The van der Waals surface area contributed by atoms with Gasteiger partial charge in [0, 0.05) is 11.8 Å². The Labute approximate surface area is 175 Å². The van der Waals surface area contributed by atoms with Crippen LogP contribution in [0.1, 0.15) is 5.56 Å². The van der Waals surface area contributed by atoms with Gasteiger partial charge >= 0.3 is 0 Å². The van der Waals surface area contributed by atoms with Gasteiger partial charge in [-0.3, -0.25) is 14.2 Å². The molecule has 7 nitrogen and oxygen atoms in total. The Balaban J connectivity index is 1.58. The molecule has 4 rings (SSSR count). The summed E-state index contributed by atoms with van der Waals surface area (Å²) in [5.41, 5.74) is 1.96. The average molecular weight is 424 g/mol. The molecule has 30 heavy (non-hydrogen) atoms. The molecular formula is C21H15ClFN5O2. The quantitative estimate of drug-likeness (QED) is 0.541. The van der Waals surface area contributed by atoms with Gasteiger partial charge in [0.15, 0.2) is 11.5 Å². The van der Waals surface area contributed by atoms with E-state index in [-0.39, 0.29) is 28.3 Å². The first-order valence-corrected chi connectivity index (χ1v) is 9.32. The highest BCUT2D eigenvalue weighted by molar-refractivity contribution is 6.33. The molecule has 0 fully saturated rings. The molecule has 2 heterocycles. The lowest BCUT2D eigenvalue weighted by Gasteiger charge is -2.09. The second-order valence-electron chi connectivity index (χ2n) is 6.65. The number of nitrogens with one attached hydrogen (secondary N) is 1. The number of halogens is 2. The number of hydrogen-bond acceptors (Lipinski definition) is 5. The Kier molecular flexibility index (Phi) is 5.24. The van der Waals surface area contributed by atoms with E-state index in [1.165, 1.54) is 24.7 Å². The van der Waals surface area contributed by atoms with Gasteiger partial charge in [-0.05, 0) is 25.1 Å². The number of carbonyl (C=O) groups excluding carboxylic acids is 1. The molecule has 2 aromatic carbocycles. The van der Waals surface area contributed by atoms with Crippen LogP contribution in [-0.2, 0) is 11.3 Å². The Morgan fingerprint density at radius 1 is 1.17 bits per heavy atom. The molecule has 0 unspecified atom stereocenters. The SMILES string of the molecule is Cc1ccc(-c2ncc3c(=O)n(CC(=O)Nc4ccc(F)cc4Cl)cnc3n2)cc1. The molecule has 150 valence electrons. The first kappa shape index (κ1) is 19.7. The van der Waals surface area contributed by atoms with Gasteiger partial charge in [0.2, 0.25) is 5.91 Å². The van der Waals surface area contributed by atoms with Crippen LogP contribution in [0.25, 0.3) is 22.4 Å². The van der Waals surface area contributed by atoms with Gasteiger partial charge in [0.05, 0.1) is 10.7 Å². The number of nitrogens with zero attached hydrogens (tertiary/aromatic N) is 4. The van der Waals surface area contributed by atoms with E-state index in [1.54, 1.807) is 0 Å². The number of carbonyl (C=O) groups is 1. The third kappa shape index (κ3) is 4.04. The fraction of sp³-hybridized carbons (Fsp3) is 0.0952. The number of anilines is 1. The van der Waals surface area contributed by atoms with Crippen molar-refractivity contribution in [3.63, 3.8) is 0 Å².